The highest BCUT2D eigenvalue weighted by atomic mass is 32.2. The maximum atomic E-state index is 12.2. The second-order valence-electron chi connectivity index (χ2n) is 5.53. The first-order chi connectivity index (χ1) is 11.5. The zero-order chi connectivity index (χ0) is 17.4. The van der Waals surface area contributed by atoms with E-state index in [1.807, 2.05) is 30.3 Å². The molecule has 0 aliphatic rings. The van der Waals surface area contributed by atoms with Crippen molar-refractivity contribution >= 4 is 15.9 Å². The number of rotatable bonds is 8. The molecule has 0 aliphatic heterocycles. The second-order valence-corrected chi connectivity index (χ2v) is 7.26. The van der Waals surface area contributed by atoms with Crippen LogP contribution in [-0.4, -0.2) is 27.4 Å². The van der Waals surface area contributed by atoms with Crippen LogP contribution in [0.25, 0.3) is 0 Å². The van der Waals surface area contributed by atoms with Crippen LogP contribution in [0.1, 0.15) is 17.5 Å². The molecule has 0 unspecified atom stereocenters. The lowest BCUT2D eigenvalue weighted by molar-refractivity contribution is -0.119. The monoisotopic (exact) mass is 346 g/mol. The fourth-order valence-electron chi connectivity index (χ4n) is 2.32. The average molecular weight is 346 g/mol. The topological polar surface area (TPSA) is 75.3 Å². The van der Waals surface area contributed by atoms with Crippen LogP contribution in [0.15, 0.2) is 59.5 Å². The summed E-state index contributed by atoms with van der Waals surface area (Å²) in [6.45, 7) is 1.97. The van der Waals surface area contributed by atoms with Gasteiger partial charge in [-0.25, -0.2) is 13.1 Å². The van der Waals surface area contributed by atoms with Crippen LogP contribution in [0.5, 0.6) is 0 Å². The van der Waals surface area contributed by atoms with E-state index in [9.17, 15) is 13.2 Å². The summed E-state index contributed by atoms with van der Waals surface area (Å²) in [7, 11) is -3.67. The Labute approximate surface area is 143 Å². The smallest absolute Gasteiger partial charge is 0.241 e. The lowest BCUT2D eigenvalue weighted by Crippen LogP contribution is -2.37. The summed E-state index contributed by atoms with van der Waals surface area (Å²) in [5.74, 6) is -0.333. The first-order valence-electron chi connectivity index (χ1n) is 7.85. The molecule has 0 aromatic heterocycles. The number of amides is 1. The highest BCUT2D eigenvalue weighted by Gasteiger charge is 2.17. The minimum atomic E-state index is -3.67. The average Bonchev–Trinajstić information content (AvgIpc) is 2.58. The number of benzene rings is 2. The van der Waals surface area contributed by atoms with Gasteiger partial charge in [0.15, 0.2) is 0 Å². The van der Waals surface area contributed by atoms with Crippen molar-refractivity contribution in [3.8, 4) is 0 Å². The molecule has 0 heterocycles. The summed E-state index contributed by atoms with van der Waals surface area (Å²) < 4.78 is 26.7. The van der Waals surface area contributed by atoms with E-state index in [0.29, 0.717) is 12.1 Å². The minimum absolute atomic E-state index is 0.196. The largest absolute Gasteiger partial charge is 0.355 e. The van der Waals surface area contributed by atoms with Gasteiger partial charge in [0, 0.05) is 6.54 Å². The van der Waals surface area contributed by atoms with E-state index in [4.69, 9.17) is 0 Å². The van der Waals surface area contributed by atoms with Gasteiger partial charge in [-0.2, -0.15) is 0 Å². The van der Waals surface area contributed by atoms with Gasteiger partial charge in [-0.3, -0.25) is 4.79 Å². The molecule has 0 spiro atoms. The maximum Gasteiger partial charge on any atom is 0.241 e. The van der Waals surface area contributed by atoms with Crippen molar-refractivity contribution in [3.63, 3.8) is 0 Å². The predicted molar refractivity (Wildman–Crippen MR) is 94.1 cm³/mol. The molecule has 0 saturated carbocycles. The third-order valence-electron chi connectivity index (χ3n) is 3.61. The Balaban J connectivity index is 1.74. The van der Waals surface area contributed by atoms with Crippen molar-refractivity contribution in [2.75, 3.05) is 13.1 Å². The molecular formula is C18H22N2O3S. The number of hydrogen-bond donors (Lipinski definition) is 2. The number of aryl methyl sites for hydroxylation is 2. The van der Waals surface area contributed by atoms with Gasteiger partial charge in [-0.1, -0.05) is 48.5 Å². The Bertz CT molecular complexity index is 774. The first kappa shape index (κ1) is 18.2. The van der Waals surface area contributed by atoms with Gasteiger partial charge in [-0.15, -0.1) is 0 Å². The maximum absolute atomic E-state index is 12.2. The summed E-state index contributed by atoms with van der Waals surface area (Å²) in [6, 6.07) is 16.7. The fourth-order valence-corrected chi connectivity index (χ4v) is 3.55. The van der Waals surface area contributed by atoms with E-state index in [1.54, 1.807) is 25.1 Å². The first-order valence-corrected chi connectivity index (χ1v) is 9.33. The van der Waals surface area contributed by atoms with Crippen molar-refractivity contribution < 1.29 is 13.2 Å². The molecule has 24 heavy (non-hydrogen) atoms. The van der Waals surface area contributed by atoms with Crippen LogP contribution >= 0.6 is 0 Å². The van der Waals surface area contributed by atoms with Gasteiger partial charge in [0.05, 0.1) is 11.4 Å². The van der Waals surface area contributed by atoms with Crippen LogP contribution in [0, 0.1) is 6.92 Å². The van der Waals surface area contributed by atoms with Crippen molar-refractivity contribution in [3.05, 3.63) is 65.7 Å². The molecule has 0 atom stereocenters. The number of hydrogen-bond acceptors (Lipinski definition) is 3. The molecule has 0 bridgehead atoms. The number of nitrogens with one attached hydrogen (secondary N) is 2. The third kappa shape index (κ3) is 5.47. The Morgan fingerprint density at radius 1 is 1.00 bits per heavy atom. The minimum Gasteiger partial charge on any atom is -0.355 e. The zero-order valence-electron chi connectivity index (χ0n) is 13.7. The molecule has 2 rings (SSSR count). The molecule has 0 aliphatic carbocycles. The van der Waals surface area contributed by atoms with E-state index in [0.717, 1.165) is 12.8 Å². The fraction of sp³-hybridized carbons (Fsp3) is 0.278. The second kappa shape index (κ2) is 8.61. The summed E-state index contributed by atoms with van der Waals surface area (Å²) in [5, 5.41) is 2.73. The summed E-state index contributed by atoms with van der Waals surface area (Å²) in [5.41, 5.74) is 1.86. The van der Waals surface area contributed by atoms with E-state index < -0.39 is 10.0 Å². The Morgan fingerprint density at radius 3 is 2.38 bits per heavy atom. The molecule has 0 fully saturated rings. The van der Waals surface area contributed by atoms with Gasteiger partial charge in [0.25, 0.3) is 0 Å². The molecule has 0 saturated heterocycles. The molecule has 6 heteroatoms. The van der Waals surface area contributed by atoms with Gasteiger partial charge in [0.2, 0.25) is 15.9 Å². The van der Waals surface area contributed by atoms with E-state index >= 15 is 0 Å². The predicted octanol–water partition coefficient (Wildman–Crippen LogP) is 2.02. The zero-order valence-corrected chi connectivity index (χ0v) is 14.5. The highest BCUT2D eigenvalue weighted by molar-refractivity contribution is 7.89. The van der Waals surface area contributed by atoms with Gasteiger partial charge < -0.3 is 5.32 Å². The Morgan fingerprint density at radius 2 is 1.67 bits per heavy atom. The molecule has 2 N–H and O–H groups in total. The molecule has 2 aromatic carbocycles. The van der Waals surface area contributed by atoms with E-state index in [2.05, 4.69) is 10.0 Å². The van der Waals surface area contributed by atoms with Crippen molar-refractivity contribution in [2.45, 2.75) is 24.7 Å². The van der Waals surface area contributed by atoms with Crippen LogP contribution in [0.2, 0.25) is 0 Å². The Hall–Kier alpha value is -2.18. The van der Waals surface area contributed by atoms with Gasteiger partial charge >= 0.3 is 0 Å². The third-order valence-corrected chi connectivity index (χ3v) is 5.17. The number of carbonyl (C=O) groups excluding carboxylic acids is 1. The molecule has 0 radical (unpaired) electrons. The van der Waals surface area contributed by atoms with E-state index in [-0.39, 0.29) is 17.3 Å². The van der Waals surface area contributed by atoms with Crippen LogP contribution in [-0.2, 0) is 21.2 Å². The van der Waals surface area contributed by atoms with Crippen LogP contribution < -0.4 is 10.0 Å². The number of sulfonamides is 1. The number of carbonyl (C=O) groups is 1. The van der Waals surface area contributed by atoms with Gasteiger partial charge in [-0.05, 0) is 37.0 Å². The molecule has 2 aromatic rings. The molecular weight excluding hydrogens is 324 g/mol. The normalized spacial score (nSPS) is 11.2. The van der Waals surface area contributed by atoms with Crippen molar-refractivity contribution in [2.24, 2.45) is 0 Å². The lowest BCUT2D eigenvalue weighted by atomic mass is 10.1. The van der Waals surface area contributed by atoms with Gasteiger partial charge in [0.1, 0.15) is 0 Å². The highest BCUT2D eigenvalue weighted by Crippen LogP contribution is 2.13. The molecule has 5 nitrogen and oxygen atoms in total. The van der Waals surface area contributed by atoms with E-state index in [1.165, 1.54) is 11.6 Å². The quantitative estimate of drug-likeness (QED) is 0.718. The summed E-state index contributed by atoms with van der Waals surface area (Å²) >= 11 is 0. The van der Waals surface area contributed by atoms with Crippen LogP contribution in [0.4, 0.5) is 0 Å². The summed E-state index contributed by atoms with van der Waals surface area (Å²) in [6.07, 6.45) is 1.68. The summed E-state index contributed by atoms with van der Waals surface area (Å²) in [4.78, 5) is 12.0. The van der Waals surface area contributed by atoms with Crippen molar-refractivity contribution in [1.82, 2.24) is 10.0 Å². The standard InChI is InChI=1S/C18H22N2O3S/c1-15-8-5-6-12-17(15)24(22,23)20-14-18(21)19-13-7-11-16-9-3-2-4-10-16/h2-6,8-10,12,20H,7,11,13-14H2,1H3,(H,19,21). The van der Waals surface area contributed by atoms with Crippen LogP contribution in [0.3, 0.4) is 0 Å². The lowest BCUT2D eigenvalue weighted by Gasteiger charge is -2.09. The Kier molecular flexibility index (Phi) is 6.52. The van der Waals surface area contributed by atoms with Crippen molar-refractivity contribution in [1.29, 1.82) is 0 Å². The SMILES string of the molecule is Cc1ccccc1S(=O)(=O)NCC(=O)NCCCc1ccccc1. The molecule has 1 amide bonds. The molecule has 128 valence electrons.